The Morgan fingerprint density at radius 3 is 3.00 bits per heavy atom. The number of methoxy groups -OCH3 is 1. The van der Waals surface area contributed by atoms with E-state index >= 15 is 0 Å². The Hall–Kier alpha value is -1.83. The van der Waals surface area contributed by atoms with Crippen LogP contribution in [0, 0.1) is 11.7 Å². The largest absolute Gasteiger partial charge is 0.383 e. The molecule has 3 rings (SSSR count). The van der Waals surface area contributed by atoms with Crippen LogP contribution in [0.25, 0.3) is 11.3 Å². The van der Waals surface area contributed by atoms with E-state index in [1.165, 1.54) is 23.5 Å². The van der Waals surface area contributed by atoms with Crippen LogP contribution >= 0.6 is 11.3 Å². The smallest absolute Gasteiger partial charge is 0.230 e. The predicted octanol–water partition coefficient (Wildman–Crippen LogP) is 2.86. The van der Waals surface area contributed by atoms with Gasteiger partial charge >= 0.3 is 0 Å². The maximum atomic E-state index is 13.0. The molecule has 2 aromatic rings. The van der Waals surface area contributed by atoms with Crippen LogP contribution in [-0.4, -0.2) is 49.1 Å². The van der Waals surface area contributed by atoms with Gasteiger partial charge in [0.15, 0.2) is 5.13 Å². The van der Waals surface area contributed by atoms with Gasteiger partial charge in [0.2, 0.25) is 5.91 Å². The molecule has 1 aromatic carbocycles. The molecule has 1 aliphatic heterocycles. The molecule has 128 valence electrons. The van der Waals surface area contributed by atoms with Gasteiger partial charge in [0, 0.05) is 31.1 Å². The molecule has 1 aromatic heterocycles. The minimum absolute atomic E-state index is 0.00919. The number of thiazole rings is 1. The van der Waals surface area contributed by atoms with Crippen LogP contribution in [0.4, 0.5) is 9.52 Å². The molecule has 1 saturated heterocycles. The minimum Gasteiger partial charge on any atom is -0.383 e. The third-order valence-corrected chi connectivity index (χ3v) is 4.89. The van der Waals surface area contributed by atoms with Gasteiger partial charge in [0.25, 0.3) is 0 Å². The summed E-state index contributed by atoms with van der Waals surface area (Å²) in [5.41, 5.74) is 1.57. The molecule has 1 fully saturated rings. The van der Waals surface area contributed by atoms with Gasteiger partial charge in [-0.2, -0.15) is 0 Å². The van der Waals surface area contributed by atoms with Gasteiger partial charge in [-0.1, -0.05) is 0 Å². The molecule has 2 heterocycles. The Kier molecular flexibility index (Phi) is 5.55. The van der Waals surface area contributed by atoms with E-state index < -0.39 is 0 Å². The quantitative estimate of drug-likeness (QED) is 0.871. The zero-order chi connectivity index (χ0) is 16.9. The molecule has 1 amide bonds. The van der Waals surface area contributed by atoms with Crippen molar-refractivity contribution in [2.24, 2.45) is 5.92 Å². The number of amides is 1. The first kappa shape index (κ1) is 17.0. The van der Waals surface area contributed by atoms with E-state index in [1.807, 2.05) is 5.38 Å². The van der Waals surface area contributed by atoms with Crippen LogP contribution in [0.3, 0.4) is 0 Å². The number of halogens is 1. The van der Waals surface area contributed by atoms with Crippen molar-refractivity contribution in [1.82, 2.24) is 9.88 Å². The molecule has 0 radical (unpaired) electrons. The SMILES string of the molecule is COCCN1CC[C@@H](C(=O)Nc2nc(-c3ccc(F)cc3)cs2)C1. The number of carbonyl (C=O) groups excluding carboxylic acids is 1. The van der Waals surface area contributed by atoms with Crippen LogP contribution < -0.4 is 5.32 Å². The lowest BCUT2D eigenvalue weighted by atomic mass is 10.1. The summed E-state index contributed by atoms with van der Waals surface area (Å²) in [4.78, 5) is 19.0. The molecule has 0 bridgehead atoms. The molecule has 5 nitrogen and oxygen atoms in total. The lowest BCUT2D eigenvalue weighted by Crippen LogP contribution is -2.29. The minimum atomic E-state index is -0.276. The summed E-state index contributed by atoms with van der Waals surface area (Å²) in [7, 11) is 1.68. The van der Waals surface area contributed by atoms with Crippen molar-refractivity contribution in [2.45, 2.75) is 6.42 Å². The van der Waals surface area contributed by atoms with Gasteiger partial charge in [0.1, 0.15) is 5.82 Å². The Morgan fingerprint density at radius 2 is 2.25 bits per heavy atom. The lowest BCUT2D eigenvalue weighted by Gasteiger charge is -2.14. The van der Waals surface area contributed by atoms with Gasteiger partial charge in [-0.15, -0.1) is 11.3 Å². The second kappa shape index (κ2) is 7.83. The van der Waals surface area contributed by atoms with Crippen molar-refractivity contribution in [3.63, 3.8) is 0 Å². The van der Waals surface area contributed by atoms with Gasteiger partial charge in [-0.25, -0.2) is 9.37 Å². The van der Waals surface area contributed by atoms with Crippen molar-refractivity contribution in [3.05, 3.63) is 35.5 Å². The zero-order valence-corrected chi connectivity index (χ0v) is 14.3. The van der Waals surface area contributed by atoms with Gasteiger partial charge in [-0.05, 0) is 37.2 Å². The second-order valence-corrected chi connectivity index (χ2v) is 6.67. The summed E-state index contributed by atoms with van der Waals surface area (Å²) in [5.74, 6) is -0.281. The monoisotopic (exact) mass is 349 g/mol. The number of nitrogens with zero attached hydrogens (tertiary/aromatic N) is 2. The van der Waals surface area contributed by atoms with E-state index in [-0.39, 0.29) is 17.6 Å². The maximum Gasteiger partial charge on any atom is 0.230 e. The number of nitrogens with one attached hydrogen (secondary N) is 1. The molecular weight excluding hydrogens is 329 g/mol. The van der Waals surface area contributed by atoms with Crippen LogP contribution in [-0.2, 0) is 9.53 Å². The number of carbonyl (C=O) groups is 1. The Morgan fingerprint density at radius 1 is 1.46 bits per heavy atom. The molecule has 0 unspecified atom stereocenters. The number of rotatable bonds is 6. The third kappa shape index (κ3) is 4.17. The summed E-state index contributed by atoms with van der Waals surface area (Å²) in [5, 5.41) is 5.34. The van der Waals surface area contributed by atoms with E-state index in [2.05, 4.69) is 15.2 Å². The van der Waals surface area contributed by atoms with Gasteiger partial charge in [-0.3, -0.25) is 4.79 Å². The normalized spacial score (nSPS) is 18.0. The molecule has 0 spiro atoms. The van der Waals surface area contributed by atoms with Crippen LogP contribution in [0.1, 0.15) is 6.42 Å². The van der Waals surface area contributed by atoms with Crippen molar-refractivity contribution >= 4 is 22.4 Å². The van der Waals surface area contributed by atoms with Crippen molar-refractivity contribution < 1.29 is 13.9 Å². The Bertz CT molecular complexity index is 689. The van der Waals surface area contributed by atoms with Crippen LogP contribution in [0.15, 0.2) is 29.6 Å². The molecular formula is C17H20FN3O2S. The van der Waals surface area contributed by atoms with E-state index in [0.717, 1.165) is 37.3 Å². The molecule has 1 aliphatic rings. The molecule has 1 atom stereocenters. The van der Waals surface area contributed by atoms with Gasteiger partial charge in [0.05, 0.1) is 18.2 Å². The first-order valence-electron chi connectivity index (χ1n) is 7.89. The predicted molar refractivity (Wildman–Crippen MR) is 92.6 cm³/mol. The second-order valence-electron chi connectivity index (χ2n) is 5.81. The summed E-state index contributed by atoms with van der Waals surface area (Å²) >= 11 is 1.38. The number of ether oxygens (including phenoxy) is 1. The highest BCUT2D eigenvalue weighted by atomic mass is 32.1. The summed E-state index contributed by atoms with van der Waals surface area (Å²) < 4.78 is 18.0. The number of likely N-dealkylation sites (tertiary alicyclic amines) is 1. The Labute approximate surface area is 144 Å². The molecule has 1 N–H and O–H groups in total. The first-order chi connectivity index (χ1) is 11.7. The fraction of sp³-hybridized carbons (Fsp3) is 0.412. The van der Waals surface area contributed by atoms with Crippen molar-refractivity contribution in [2.75, 3.05) is 38.7 Å². The molecule has 7 heteroatoms. The lowest BCUT2D eigenvalue weighted by molar-refractivity contribution is -0.119. The van der Waals surface area contributed by atoms with E-state index in [0.29, 0.717) is 11.7 Å². The highest BCUT2D eigenvalue weighted by Gasteiger charge is 2.28. The number of hydrogen-bond acceptors (Lipinski definition) is 5. The highest BCUT2D eigenvalue weighted by molar-refractivity contribution is 7.14. The fourth-order valence-corrected chi connectivity index (χ4v) is 3.48. The molecule has 0 saturated carbocycles. The number of aromatic nitrogens is 1. The molecule has 24 heavy (non-hydrogen) atoms. The number of benzene rings is 1. The summed E-state index contributed by atoms with van der Waals surface area (Å²) in [6, 6.07) is 6.17. The summed E-state index contributed by atoms with van der Waals surface area (Å²) in [6.45, 7) is 3.21. The number of anilines is 1. The first-order valence-corrected chi connectivity index (χ1v) is 8.77. The topological polar surface area (TPSA) is 54.5 Å². The fourth-order valence-electron chi connectivity index (χ4n) is 2.76. The van der Waals surface area contributed by atoms with Crippen LogP contribution in [0.2, 0.25) is 0 Å². The van der Waals surface area contributed by atoms with E-state index in [1.54, 1.807) is 19.2 Å². The maximum absolute atomic E-state index is 13.0. The molecule has 0 aliphatic carbocycles. The van der Waals surface area contributed by atoms with Crippen LogP contribution in [0.5, 0.6) is 0 Å². The standard InChI is InChI=1S/C17H20FN3O2S/c1-23-9-8-21-7-6-13(10-21)16(22)20-17-19-15(11-24-17)12-2-4-14(18)5-3-12/h2-5,11,13H,6-10H2,1H3,(H,19,20,22)/t13-/m1/s1. The zero-order valence-electron chi connectivity index (χ0n) is 13.5. The van der Waals surface area contributed by atoms with Crippen molar-refractivity contribution in [1.29, 1.82) is 0 Å². The van der Waals surface area contributed by atoms with Crippen molar-refractivity contribution in [3.8, 4) is 11.3 Å². The summed E-state index contributed by atoms with van der Waals surface area (Å²) in [6.07, 6.45) is 0.853. The highest BCUT2D eigenvalue weighted by Crippen LogP contribution is 2.26. The van der Waals surface area contributed by atoms with Gasteiger partial charge < -0.3 is 15.0 Å². The average molecular weight is 349 g/mol. The third-order valence-electron chi connectivity index (χ3n) is 4.13. The Balaban J connectivity index is 1.57. The number of hydrogen-bond donors (Lipinski definition) is 1. The van der Waals surface area contributed by atoms with E-state index in [4.69, 9.17) is 4.74 Å². The van der Waals surface area contributed by atoms with E-state index in [9.17, 15) is 9.18 Å². The average Bonchev–Trinajstić information content (AvgIpc) is 3.23.